The van der Waals surface area contributed by atoms with Crippen LogP contribution in [0.2, 0.25) is 0 Å². The van der Waals surface area contributed by atoms with Crippen LogP contribution in [-0.4, -0.2) is 39.7 Å². The molecule has 0 atom stereocenters. The fourth-order valence-corrected chi connectivity index (χ4v) is 4.38. The molecule has 8 nitrogen and oxygen atoms in total. The normalized spacial score (nSPS) is 11.7. The van der Waals surface area contributed by atoms with Crippen molar-refractivity contribution in [3.63, 3.8) is 0 Å². The van der Waals surface area contributed by atoms with Crippen molar-refractivity contribution >= 4 is 33.3 Å². The summed E-state index contributed by atoms with van der Waals surface area (Å²) >= 11 is 1.05. The third kappa shape index (κ3) is 2.76. The van der Waals surface area contributed by atoms with Crippen molar-refractivity contribution in [3.05, 3.63) is 53.8 Å². The quantitative estimate of drug-likeness (QED) is 0.431. The van der Waals surface area contributed by atoms with Crippen LogP contribution in [0.25, 0.3) is 55.4 Å². The van der Waals surface area contributed by atoms with Gasteiger partial charge in [0.25, 0.3) is 0 Å². The van der Waals surface area contributed by atoms with Gasteiger partial charge in [-0.05, 0) is 31.2 Å². The third-order valence-electron chi connectivity index (χ3n) is 5.36. The molecule has 0 fully saturated rings. The standard InChI is InChI=1S/C21H15FN8S/c1-10-24-9-15(30(10)2)13-7-11-14(8-25-13)28-29-18(11)21-26-12-5-6-23-20(19(12)27-21)16-3-4-17(22)31-16/h3-9H,1-2H3,(H,26,27)(H,28,29). The van der Waals surface area contributed by atoms with Gasteiger partial charge in [-0.3, -0.25) is 15.1 Å². The van der Waals surface area contributed by atoms with Gasteiger partial charge in [-0.15, -0.1) is 11.3 Å². The number of H-pyrrole nitrogens is 2. The average molecular weight is 430 g/mol. The lowest BCUT2D eigenvalue weighted by molar-refractivity contribution is 0.657. The Morgan fingerprint density at radius 1 is 1.03 bits per heavy atom. The van der Waals surface area contributed by atoms with E-state index in [4.69, 9.17) is 4.98 Å². The molecule has 0 aliphatic carbocycles. The molecule has 2 N–H and O–H groups in total. The number of aromatic nitrogens is 8. The number of thiophene rings is 1. The Hall–Kier alpha value is -3.92. The van der Waals surface area contributed by atoms with E-state index in [9.17, 15) is 4.39 Å². The monoisotopic (exact) mass is 430 g/mol. The van der Waals surface area contributed by atoms with Crippen molar-refractivity contribution in [1.29, 1.82) is 0 Å². The zero-order valence-corrected chi connectivity index (χ0v) is 17.3. The summed E-state index contributed by atoms with van der Waals surface area (Å²) in [5, 5.41) is 8.12. The molecule has 0 unspecified atom stereocenters. The van der Waals surface area contributed by atoms with E-state index in [1.54, 1.807) is 18.5 Å². The molecule has 10 heteroatoms. The first-order valence-electron chi connectivity index (χ1n) is 9.52. The lowest BCUT2D eigenvalue weighted by Crippen LogP contribution is -1.95. The summed E-state index contributed by atoms with van der Waals surface area (Å²) in [6.45, 7) is 1.95. The van der Waals surface area contributed by atoms with Crippen LogP contribution in [0, 0.1) is 12.1 Å². The van der Waals surface area contributed by atoms with Crippen LogP contribution in [0.5, 0.6) is 0 Å². The maximum atomic E-state index is 13.6. The molecule has 152 valence electrons. The van der Waals surface area contributed by atoms with Gasteiger partial charge in [0.15, 0.2) is 11.0 Å². The molecule has 0 spiro atoms. The third-order valence-corrected chi connectivity index (χ3v) is 6.24. The van der Waals surface area contributed by atoms with Crippen molar-refractivity contribution in [2.75, 3.05) is 0 Å². The molecule has 0 aromatic carbocycles. The molecular formula is C21H15FN8S. The molecule has 0 aliphatic rings. The summed E-state index contributed by atoms with van der Waals surface area (Å²) in [7, 11) is 1.96. The number of rotatable bonds is 3. The van der Waals surface area contributed by atoms with Gasteiger partial charge in [-0.1, -0.05) is 0 Å². The fraction of sp³-hybridized carbons (Fsp3) is 0.0952. The summed E-state index contributed by atoms with van der Waals surface area (Å²) in [6.07, 6.45) is 5.25. The van der Waals surface area contributed by atoms with Gasteiger partial charge in [0.05, 0.1) is 39.7 Å². The van der Waals surface area contributed by atoms with Crippen LogP contribution in [0.4, 0.5) is 4.39 Å². The van der Waals surface area contributed by atoms with Crippen LogP contribution in [0.3, 0.4) is 0 Å². The first-order valence-corrected chi connectivity index (χ1v) is 10.3. The van der Waals surface area contributed by atoms with Crippen LogP contribution in [0.1, 0.15) is 5.82 Å². The molecule has 6 rings (SSSR count). The van der Waals surface area contributed by atoms with Crippen molar-refractivity contribution < 1.29 is 4.39 Å². The van der Waals surface area contributed by atoms with Crippen LogP contribution in [0.15, 0.2) is 42.9 Å². The minimum absolute atomic E-state index is 0.256. The minimum atomic E-state index is -0.256. The van der Waals surface area contributed by atoms with Gasteiger partial charge < -0.3 is 9.55 Å². The number of imidazole rings is 2. The predicted molar refractivity (Wildman–Crippen MR) is 117 cm³/mol. The number of hydrogen-bond donors (Lipinski definition) is 2. The lowest BCUT2D eigenvalue weighted by Gasteiger charge is -2.03. The Morgan fingerprint density at radius 3 is 2.71 bits per heavy atom. The second-order valence-electron chi connectivity index (χ2n) is 7.18. The number of aromatic amines is 2. The van der Waals surface area contributed by atoms with Crippen LogP contribution in [-0.2, 0) is 7.05 Å². The molecule has 0 bridgehead atoms. The van der Waals surface area contributed by atoms with Crippen molar-refractivity contribution in [2.45, 2.75) is 6.92 Å². The topological polar surface area (TPSA) is 101 Å². The number of pyridine rings is 2. The summed E-state index contributed by atoms with van der Waals surface area (Å²) in [5.41, 5.74) is 5.32. The van der Waals surface area contributed by atoms with Gasteiger partial charge in [-0.25, -0.2) is 9.97 Å². The van der Waals surface area contributed by atoms with E-state index in [0.29, 0.717) is 22.7 Å². The van der Waals surface area contributed by atoms with Crippen LogP contribution >= 0.6 is 11.3 Å². The van der Waals surface area contributed by atoms with Crippen molar-refractivity contribution in [1.82, 2.24) is 39.7 Å². The summed E-state index contributed by atoms with van der Waals surface area (Å²) < 4.78 is 15.6. The largest absolute Gasteiger partial charge is 0.336 e. The molecule has 6 aromatic heterocycles. The average Bonchev–Trinajstić information content (AvgIpc) is 3.54. The molecule has 6 heterocycles. The highest BCUT2D eigenvalue weighted by Gasteiger charge is 2.18. The van der Waals surface area contributed by atoms with Gasteiger partial charge in [0.1, 0.15) is 22.7 Å². The van der Waals surface area contributed by atoms with Crippen molar-refractivity contribution in [3.8, 4) is 33.5 Å². The summed E-state index contributed by atoms with van der Waals surface area (Å²) in [6, 6.07) is 6.98. The van der Waals surface area contributed by atoms with Gasteiger partial charge in [0, 0.05) is 18.6 Å². The molecule has 0 radical (unpaired) electrons. The molecule has 0 amide bonds. The first kappa shape index (κ1) is 17.9. The predicted octanol–water partition coefficient (Wildman–Crippen LogP) is 4.47. The molecule has 31 heavy (non-hydrogen) atoms. The lowest BCUT2D eigenvalue weighted by atomic mass is 10.2. The Balaban J connectivity index is 1.52. The van der Waals surface area contributed by atoms with Gasteiger partial charge in [0.2, 0.25) is 0 Å². The summed E-state index contributed by atoms with van der Waals surface area (Å²) in [4.78, 5) is 22.1. The second-order valence-corrected chi connectivity index (χ2v) is 8.22. The number of halogens is 1. The zero-order chi connectivity index (χ0) is 21.1. The fourth-order valence-electron chi connectivity index (χ4n) is 3.65. The highest BCUT2D eigenvalue weighted by Crippen LogP contribution is 2.33. The maximum Gasteiger partial charge on any atom is 0.177 e. The number of aryl methyl sites for hydroxylation is 1. The van der Waals surface area contributed by atoms with E-state index in [1.165, 1.54) is 6.07 Å². The van der Waals surface area contributed by atoms with E-state index in [0.717, 1.165) is 49.8 Å². The number of fused-ring (bicyclic) bond motifs is 2. The number of nitrogens with zero attached hydrogens (tertiary/aromatic N) is 6. The van der Waals surface area contributed by atoms with Crippen molar-refractivity contribution in [2.24, 2.45) is 7.05 Å². The van der Waals surface area contributed by atoms with Gasteiger partial charge >= 0.3 is 0 Å². The SMILES string of the molecule is Cc1ncc(-c2cc3c(-c4nc5c(-c6ccc(F)s6)nccc5[nH]4)n[nH]c3cn2)n1C. The molecule has 6 aromatic rings. The Labute approximate surface area is 178 Å². The van der Waals surface area contributed by atoms with E-state index in [2.05, 4.69) is 30.1 Å². The highest BCUT2D eigenvalue weighted by molar-refractivity contribution is 7.13. The maximum absolute atomic E-state index is 13.6. The Morgan fingerprint density at radius 2 is 1.94 bits per heavy atom. The Kier molecular flexibility index (Phi) is 3.78. The van der Waals surface area contributed by atoms with E-state index in [1.807, 2.05) is 36.9 Å². The number of hydrogen-bond acceptors (Lipinski definition) is 6. The molecular weight excluding hydrogens is 415 g/mol. The smallest absolute Gasteiger partial charge is 0.177 e. The van der Waals surface area contributed by atoms with E-state index >= 15 is 0 Å². The minimum Gasteiger partial charge on any atom is -0.336 e. The highest BCUT2D eigenvalue weighted by atomic mass is 32.1. The van der Waals surface area contributed by atoms with Crippen LogP contribution < -0.4 is 0 Å². The first-order chi connectivity index (χ1) is 15.1. The van der Waals surface area contributed by atoms with E-state index in [-0.39, 0.29) is 5.13 Å². The summed E-state index contributed by atoms with van der Waals surface area (Å²) in [5.74, 6) is 1.51. The second kappa shape index (κ2) is 6.54. The molecule has 0 saturated carbocycles. The molecule has 0 saturated heterocycles. The zero-order valence-electron chi connectivity index (χ0n) is 16.5. The molecule has 0 aliphatic heterocycles. The van der Waals surface area contributed by atoms with Gasteiger partial charge in [-0.2, -0.15) is 9.49 Å². The van der Waals surface area contributed by atoms with E-state index < -0.39 is 0 Å². The Bertz CT molecular complexity index is 1590. The number of nitrogens with one attached hydrogen (secondary N) is 2.